The molecule has 1 N–H and O–H groups in total. The summed E-state index contributed by atoms with van der Waals surface area (Å²) in [5, 5.41) is 3.33. The molecule has 2 rings (SSSR count). The molecular formula is C11H19F3N2. The van der Waals surface area contributed by atoms with Gasteiger partial charge in [-0.05, 0) is 38.6 Å². The van der Waals surface area contributed by atoms with Crippen LogP contribution in [0.5, 0.6) is 0 Å². The van der Waals surface area contributed by atoms with Gasteiger partial charge in [0.15, 0.2) is 0 Å². The molecular weight excluding hydrogens is 217 g/mol. The van der Waals surface area contributed by atoms with E-state index < -0.39 is 12.7 Å². The molecule has 1 atom stereocenters. The van der Waals surface area contributed by atoms with E-state index in [1.165, 1.54) is 0 Å². The van der Waals surface area contributed by atoms with E-state index in [4.69, 9.17) is 0 Å². The van der Waals surface area contributed by atoms with Gasteiger partial charge in [0.2, 0.25) is 0 Å². The third-order valence-electron chi connectivity index (χ3n) is 3.37. The summed E-state index contributed by atoms with van der Waals surface area (Å²) in [7, 11) is 0. The van der Waals surface area contributed by atoms with Crippen LogP contribution in [0.2, 0.25) is 0 Å². The maximum absolute atomic E-state index is 12.3. The summed E-state index contributed by atoms with van der Waals surface area (Å²) >= 11 is 0. The Balaban J connectivity index is 1.74. The molecule has 0 aromatic heterocycles. The molecule has 1 aliphatic heterocycles. The van der Waals surface area contributed by atoms with E-state index in [-0.39, 0.29) is 6.04 Å². The highest BCUT2D eigenvalue weighted by Crippen LogP contribution is 2.30. The van der Waals surface area contributed by atoms with Crippen molar-refractivity contribution in [2.24, 2.45) is 0 Å². The number of rotatable bonds is 5. The van der Waals surface area contributed by atoms with Gasteiger partial charge in [-0.15, -0.1) is 0 Å². The summed E-state index contributed by atoms with van der Waals surface area (Å²) in [5.74, 6) is 0. The van der Waals surface area contributed by atoms with Crippen LogP contribution in [0.1, 0.15) is 32.1 Å². The van der Waals surface area contributed by atoms with E-state index in [0.717, 1.165) is 38.6 Å². The molecule has 1 unspecified atom stereocenters. The fourth-order valence-corrected chi connectivity index (χ4v) is 2.39. The quantitative estimate of drug-likeness (QED) is 0.787. The second kappa shape index (κ2) is 4.92. The van der Waals surface area contributed by atoms with Gasteiger partial charge in [0.25, 0.3) is 0 Å². The number of hydrogen-bond acceptors (Lipinski definition) is 2. The molecule has 0 amide bonds. The predicted molar refractivity (Wildman–Crippen MR) is 56.3 cm³/mol. The molecule has 5 heteroatoms. The van der Waals surface area contributed by atoms with Crippen molar-refractivity contribution >= 4 is 0 Å². The van der Waals surface area contributed by atoms with Gasteiger partial charge in [0.1, 0.15) is 0 Å². The van der Waals surface area contributed by atoms with Crippen LogP contribution in [0.15, 0.2) is 0 Å². The zero-order chi connectivity index (χ0) is 11.6. The lowest BCUT2D eigenvalue weighted by Gasteiger charge is -2.24. The second-order valence-electron chi connectivity index (χ2n) is 4.90. The molecule has 1 heterocycles. The SMILES string of the molecule is FC(F)(F)CN(CCC1CCCN1)C1CC1. The van der Waals surface area contributed by atoms with Crippen LogP contribution in [0.3, 0.4) is 0 Å². The minimum Gasteiger partial charge on any atom is -0.314 e. The van der Waals surface area contributed by atoms with E-state index in [1.54, 1.807) is 4.90 Å². The van der Waals surface area contributed by atoms with Crippen molar-refractivity contribution in [3.05, 3.63) is 0 Å². The summed E-state index contributed by atoms with van der Waals surface area (Å²) in [6, 6.07) is 0.637. The lowest BCUT2D eigenvalue weighted by molar-refractivity contribution is -0.147. The predicted octanol–water partition coefficient (Wildman–Crippen LogP) is 2.16. The lowest BCUT2D eigenvalue weighted by atomic mass is 10.1. The molecule has 2 fully saturated rings. The average Bonchev–Trinajstić information content (AvgIpc) is 2.89. The van der Waals surface area contributed by atoms with Crippen molar-refractivity contribution in [2.75, 3.05) is 19.6 Å². The van der Waals surface area contributed by atoms with Crippen molar-refractivity contribution in [2.45, 2.75) is 50.4 Å². The zero-order valence-electron chi connectivity index (χ0n) is 9.39. The number of halogens is 3. The highest BCUT2D eigenvalue weighted by Gasteiger charge is 2.37. The summed E-state index contributed by atoms with van der Waals surface area (Å²) in [6.45, 7) is 0.875. The van der Waals surface area contributed by atoms with Crippen molar-refractivity contribution < 1.29 is 13.2 Å². The standard InChI is InChI=1S/C11H19F3N2/c12-11(13,14)8-16(10-3-4-10)7-5-9-2-1-6-15-9/h9-10,15H,1-8H2. The molecule has 1 aliphatic carbocycles. The lowest BCUT2D eigenvalue weighted by Crippen LogP contribution is -2.38. The molecule has 1 saturated carbocycles. The Kier molecular flexibility index (Phi) is 3.74. The number of nitrogens with one attached hydrogen (secondary N) is 1. The van der Waals surface area contributed by atoms with Gasteiger partial charge in [-0.25, -0.2) is 0 Å². The van der Waals surface area contributed by atoms with Crippen molar-refractivity contribution in [3.63, 3.8) is 0 Å². The molecule has 94 valence electrons. The first kappa shape index (κ1) is 12.2. The Bertz CT molecular complexity index is 220. The van der Waals surface area contributed by atoms with E-state index >= 15 is 0 Å². The normalized spacial score (nSPS) is 26.6. The Morgan fingerprint density at radius 2 is 1.94 bits per heavy atom. The van der Waals surface area contributed by atoms with E-state index in [1.807, 2.05) is 0 Å². The molecule has 0 bridgehead atoms. The Morgan fingerprint density at radius 1 is 1.19 bits per heavy atom. The molecule has 2 aliphatic rings. The minimum atomic E-state index is -4.05. The van der Waals surface area contributed by atoms with Crippen LogP contribution in [0.4, 0.5) is 13.2 Å². The number of hydrogen-bond donors (Lipinski definition) is 1. The number of alkyl halides is 3. The van der Waals surface area contributed by atoms with Crippen molar-refractivity contribution in [1.29, 1.82) is 0 Å². The van der Waals surface area contributed by atoms with Gasteiger partial charge in [-0.3, -0.25) is 4.90 Å². The topological polar surface area (TPSA) is 15.3 Å². The Labute approximate surface area is 94.2 Å². The second-order valence-corrected chi connectivity index (χ2v) is 4.90. The van der Waals surface area contributed by atoms with E-state index in [0.29, 0.717) is 12.6 Å². The molecule has 0 spiro atoms. The molecule has 1 saturated heterocycles. The van der Waals surface area contributed by atoms with Crippen LogP contribution < -0.4 is 5.32 Å². The Morgan fingerprint density at radius 3 is 2.44 bits per heavy atom. The molecule has 16 heavy (non-hydrogen) atoms. The Hall–Kier alpha value is -0.290. The third-order valence-corrected chi connectivity index (χ3v) is 3.37. The highest BCUT2D eigenvalue weighted by atomic mass is 19.4. The van der Waals surface area contributed by atoms with Crippen LogP contribution in [-0.4, -0.2) is 42.8 Å². The van der Waals surface area contributed by atoms with Crippen molar-refractivity contribution in [1.82, 2.24) is 10.2 Å². The van der Waals surface area contributed by atoms with Crippen molar-refractivity contribution in [3.8, 4) is 0 Å². The summed E-state index contributed by atoms with van der Waals surface area (Å²) < 4.78 is 37.0. The first-order valence-electron chi connectivity index (χ1n) is 6.09. The van der Waals surface area contributed by atoms with Gasteiger partial charge in [0, 0.05) is 18.6 Å². The van der Waals surface area contributed by atoms with Gasteiger partial charge in [0.05, 0.1) is 6.54 Å². The maximum Gasteiger partial charge on any atom is 0.401 e. The van der Waals surface area contributed by atoms with Crippen LogP contribution in [0.25, 0.3) is 0 Å². The zero-order valence-corrected chi connectivity index (χ0v) is 9.39. The molecule has 0 aromatic rings. The van der Waals surface area contributed by atoms with Crippen LogP contribution >= 0.6 is 0 Å². The summed E-state index contributed by atoms with van der Waals surface area (Å²) in [4.78, 5) is 1.61. The van der Waals surface area contributed by atoms with E-state index in [2.05, 4.69) is 5.32 Å². The third kappa shape index (κ3) is 3.94. The summed E-state index contributed by atoms with van der Waals surface area (Å²) in [5.41, 5.74) is 0. The first-order chi connectivity index (χ1) is 7.54. The monoisotopic (exact) mass is 236 g/mol. The fraction of sp³-hybridized carbons (Fsp3) is 1.00. The maximum atomic E-state index is 12.3. The molecule has 2 nitrogen and oxygen atoms in total. The van der Waals surface area contributed by atoms with Crippen LogP contribution in [-0.2, 0) is 0 Å². The molecule has 0 radical (unpaired) electrons. The fourth-order valence-electron chi connectivity index (χ4n) is 2.39. The average molecular weight is 236 g/mol. The highest BCUT2D eigenvalue weighted by molar-refractivity contribution is 4.87. The van der Waals surface area contributed by atoms with Gasteiger partial charge >= 0.3 is 6.18 Å². The van der Waals surface area contributed by atoms with Crippen LogP contribution in [0, 0.1) is 0 Å². The largest absolute Gasteiger partial charge is 0.401 e. The van der Waals surface area contributed by atoms with Gasteiger partial charge < -0.3 is 5.32 Å². The first-order valence-corrected chi connectivity index (χ1v) is 6.09. The van der Waals surface area contributed by atoms with E-state index in [9.17, 15) is 13.2 Å². The minimum absolute atomic E-state index is 0.197. The smallest absolute Gasteiger partial charge is 0.314 e. The van der Waals surface area contributed by atoms with Gasteiger partial charge in [-0.2, -0.15) is 13.2 Å². The molecule has 0 aromatic carbocycles. The summed E-state index contributed by atoms with van der Waals surface area (Å²) in [6.07, 6.45) is 0.957. The number of nitrogens with zero attached hydrogens (tertiary/aromatic N) is 1. The van der Waals surface area contributed by atoms with Gasteiger partial charge in [-0.1, -0.05) is 0 Å².